The highest BCUT2D eigenvalue weighted by Crippen LogP contribution is 2.24. The Morgan fingerprint density at radius 3 is 2.89 bits per heavy atom. The van der Waals surface area contributed by atoms with Crippen LogP contribution in [0.1, 0.15) is 60.8 Å². The van der Waals surface area contributed by atoms with Gasteiger partial charge < -0.3 is 10.1 Å². The monoisotopic (exact) mass is 379 g/mol. The lowest BCUT2D eigenvalue weighted by atomic mass is 10.1. The molecule has 4 rings (SSSR count). The minimum absolute atomic E-state index is 0.678. The summed E-state index contributed by atoms with van der Waals surface area (Å²) < 4.78 is 2.06. The highest BCUT2D eigenvalue weighted by atomic mass is 16.3. The number of benzene rings is 1. The number of imidazole rings is 1. The van der Waals surface area contributed by atoms with Gasteiger partial charge in [-0.15, -0.1) is 0 Å². The minimum Gasteiger partial charge on any atom is -0.382 e. The Morgan fingerprint density at radius 2 is 2.07 bits per heavy atom. The van der Waals surface area contributed by atoms with E-state index in [4.69, 9.17) is 0 Å². The van der Waals surface area contributed by atoms with Crippen LogP contribution in [0, 0.1) is 0 Å². The van der Waals surface area contributed by atoms with Crippen molar-refractivity contribution in [3.63, 3.8) is 0 Å². The van der Waals surface area contributed by atoms with Gasteiger partial charge in [-0.25, -0.2) is 4.98 Å². The number of aliphatic hydroxyl groups excluding tert-OH is 1. The minimum atomic E-state index is -0.678. The molecule has 0 radical (unpaired) electrons. The van der Waals surface area contributed by atoms with Crippen LogP contribution in [0.15, 0.2) is 42.6 Å². The molecule has 0 saturated heterocycles. The van der Waals surface area contributed by atoms with Gasteiger partial charge in [-0.3, -0.25) is 9.58 Å². The van der Waals surface area contributed by atoms with Crippen LogP contribution in [0.4, 0.5) is 0 Å². The van der Waals surface area contributed by atoms with Crippen LogP contribution in [0.25, 0.3) is 0 Å². The molecule has 6 heteroatoms. The Hall–Kier alpha value is -2.44. The molecule has 0 aliphatic carbocycles. The normalized spacial score (nSPS) is 15.9. The van der Waals surface area contributed by atoms with Crippen LogP contribution in [-0.4, -0.2) is 36.3 Å². The molecule has 1 atom stereocenters. The Morgan fingerprint density at radius 1 is 1.21 bits per heavy atom. The van der Waals surface area contributed by atoms with Gasteiger partial charge in [0.05, 0.1) is 11.4 Å². The summed E-state index contributed by atoms with van der Waals surface area (Å²) in [7, 11) is 0. The average molecular weight is 380 g/mol. The number of aliphatic hydroxyl groups is 1. The van der Waals surface area contributed by atoms with Gasteiger partial charge in [0.25, 0.3) is 0 Å². The third-order valence-electron chi connectivity index (χ3n) is 5.35. The number of aromatic amines is 1. The zero-order valence-electron chi connectivity index (χ0n) is 16.5. The molecule has 28 heavy (non-hydrogen) atoms. The van der Waals surface area contributed by atoms with E-state index in [1.165, 1.54) is 18.5 Å². The lowest BCUT2D eigenvalue weighted by molar-refractivity contribution is 0.213. The third-order valence-corrected chi connectivity index (χ3v) is 5.35. The molecule has 1 aromatic carbocycles. The first-order valence-electron chi connectivity index (χ1n) is 10.3. The summed E-state index contributed by atoms with van der Waals surface area (Å²) in [6.07, 6.45) is 5.71. The molecule has 0 saturated carbocycles. The van der Waals surface area contributed by atoms with Crippen molar-refractivity contribution in [2.45, 2.75) is 58.3 Å². The van der Waals surface area contributed by atoms with Crippen molar-refractivity contribution in [3.05, 3.63) is 71.1 Å². The summed E-state index contributed by atoms with van der Waals surface area (Å²) in [5.74, 6) is 1.09. The summed E-state index contributed by atoms with van der Waals surface area (Å²) >= 11 is 0. The second-order valence-corrected chi connectivity index (χ2v) is 7.62. The highest BCUT2D eigenvalue weighted by Gasteiger charge is 2.21. The van der Waals surface area contributed by atoms with Gasteiger partial charge in [-0.1, -0.05) is 43.7 Å². The molecule has 148 valence electrons. The quantitative estimate of drug-likeness (QED) is 0.660. The van der Waals surface area contributed by atoms with E-state index in [1.54, 1.807) is 0 Å². The standard InChI is InChI=1S/C22H29N5O/c1-2-3-10-21-23-14-18(24-21)15-26-11-7-12-27-19(16-26)13-20(25-27)22(28)17-8-5-4-6-9-17/h4-6,8-9,13-14,22,28H,2-3,7,10-12,15-16H2,1H3,(H,23,24)/t22-/m0/s1. The number of rotatable bonds is 7. The van der Waals surface area contributed by atoms with E-state index >= 15 is 0 Å². The van der Waals surface area contributed by atoms with Crippen molar-refractivity contribution in [2.75, 3.05) is 6.54 Å². The fraction of sp³-hybridized carbons (Fsp3) is 0.455. The largest absolute Gasteiger partial charge is 0.382 e. The topological polar surface area (TPSA) is 70.0 Å². The van der Waals surface area contributed by atoms with E-state index in [2.05, 4.69) is 37.6 Å². The van der Waals surface area contributed by atoms with Crippen LogP contribution < -0.4 is 0 Å². The smallest absolute Gasteiger partial charge is 0.123 e. The second kappa shape index (κ2) is 8.71. The number of aryl methyl sites for hydroxylation is 2. The number of nitrogens with zero attached hydrogens (tertiary/aromatic N) is 4. The molecule has 0 fully saturated rings. The molecule has 2 aromatic heterocycles. The molecule has 1 aliphatic rings. The van der Waals surface area contributed by atoms with Crippen LogP contribution in [0.3, 0.4) is 0 Å². The zero-order chi connectivity index (χ0) is 19.3. The number of H-pyrrole nitrogens is 1. The maximum Gasteiger partial charge on any atom is 0.123 e. The van der Waals surface area contributed by atoms with Crippen LogP contribution in [-0.2, 0) is 26.1 Å². The first kappa shape index (κ1) is 18.9. The van der Waals surface area contributed by atoms with E-state index in [1.807, 2.05) is 36.5 Å². The number of nitrogens with one attached hydrogen (secondary N) is 1. The summed E-state index contributed by atoms with van der Waals surface area (Å²) in [5.41, 5.74) is 3.94. The molecule has 1 aliphatic heterocycles. The van der Waals surface area contributed by atoms with Crippen molar-refractivity contribution in [1.29, 1.82) is 0 Å². The number of fused-ring (bicyclic) bond motifs is 1. The summed E-state index contributed by atoms with van der Waals surface area (Å²) in [6.45, 7) is 5.81. The van der Waals surface area contributed by atoms with Crippen LogP contribution >= 0.6 is 0 Å². The molecular formula is C22H29N5O. The second-order valence-electron chi connectivity index (χ2n) is 7.62. The summed E-state index contributed by atoms with van der Waals surface area (Å²) in [6, 6.07) is 11.8. The first-order chi connectivity index (χ1) is 13.7. The number of hydrogen-bond donors (Lipinski definition) is 2. The Kier molecular flexibility index (Phi) is 5.88. The Bertz CT molecular complexity index is 885. The molecule has 3 heterocycles. The SMILES string of the molecule is CCCCc1ncc(CN2CCCn3nc([C@@H](O)c4ccccc4)cc3C2)[nH]1. The average Bonchev–Trinajstić information content (AvgIpc) is 3.29. The van der Waals surface area contributed by atoms with Gasteiger partial charge in [-0.2, -0.15) is 5.10 Å². The van der Waals surface area contributed by atoms with Crippen molar-refractivity contribution < 1.29 is 5.11 Å². The van der Waals surface area contributed by atoms with Gasteiger partial charge in [-0.05, 0) is 24.5 Å². The molecule has 0 spiro atoms. The van der Waals surface area contributed by atoms with Crippen molar-refractivity contribution in [2.24, 2.45) is 0 Å². The van der Waals surface area contributed by atoms with Crippen molar-refractivity contribution in [1.82, 2.24) is 24.6 Å². The predicted octanol–water partition coefficient (Wildman–Crippen LogP) is 3.44. The molecule has 0 bridgehead atoms. The third kappa shape index (κ3) is 4.34. The maximum absolute atomic E-state index is 10.7. The van der Waals surface area contributed by atoms with Crippen LogP contribution in [0.5, 0.6) is 0 Å². The molecule has 0 unspecified atom stereocenters. The van der Waals surface area contributed by atoms with E-state index in [0.29, 0.717) is 0 Å². The predicted molar refractivity (Wildman–Crippen MR) is 109 cm³/mol. The van der Waals surface area contributed by atoms with Crippen molar-refractivity contribution >= 4 is 0 Å². The van der Waals surface area contributed by atoms with E-state index in [0.717, 1.165) is 61.8 Å². The number of aromatic nitrogens is 4. The number of unbranched alkanes of at least 4 members (excludes halogenated alkanes) is 1. The molecule has 6 nitrogen and oxygen atoms in total. The van der Waals surface area contributed by atoms with Gasteiger partial charge in [0, 0.05) is 44.5 Å². The lowest BCUT2D eigenvalue weighted by Gasteiger charge is -2.18. The van der Waals surface area contributed by atoms with E-state index < -0.39 is 6.10 Å². The van der Waals surface area contributed by atoms with Crippen LogP contribution in [0.2, 0.25) is 0 Å². The van der Waals surface area contributed by atoms with Gasteiger partial charge >= 0.3 is 0 Å². The first-order valence-corrected chi connectivity index (χ1v) is 10.3. The molecule has 3 aromatic rings. The summed E-state index contributed by atoms with van der Waals surface area (Å²) in [5, 5.41) is 15.4. The molecule has 0 amide bonds. The number of hydrogen-bond acceptors (Lipinski definition) is 4. The maximum atomic E-state index is 10.7. The summed E-state index contributed by atoms with van der Waals surface area (Å²) in [4.78, 5) is 10.4. The highest BCUT2D eigenvalue weighted by molar-refractivity contribution is 5.26. The Balaban J connectivity index is 1.44. The van der Waals surface area contributed by atoms with E-state index in [9.17, 15) is 5.11 Å². The van der Waals surface area contributed by atoms with E-state index in [-0.39, 0.29) is 0 Å². The zero-order valence-corrected chi connectivity index (χ0v) is 16.5. The van der Waals surface area contributed by atoms with Gasteiger partial charge in [0.15, 0.2) is 0 Å². The fourth-order valence-electron chi connectivity index (χ4n) is 3.82. The Labute approximate surface area is 166 Å². The van der Waals surface area contributed by atoms with Gasteiger partial charge in [0.1, 0.15) is 11.9 Å². The lowest BCUT2D eigenvalue weighted by Crippen LogP contribution is -2.23. The van der Waals surface area contributed by atoms with Gasteiger partial charge in [0.2, 0.25) is 0 Å². The van der Waals surface area contributed by atoms with Crippen molar-refractivity contribution in [3.8, 4) is 0 Å². The molecule has 2 N–H and O–H groups in total. The molecular weight excluding hydrogens is 350 g/mol. The fourth-order valence-corrected chi connectivity index (χ4v) is 3.82.